The summed E-state index contributed by atoms with van der Waals surface area (Å²) in [4.78, 5) is 0. The van der Waals surface area contributed by atoms with Crippen LogP contribution in [-0.4, -0.2) is 5.84 Å². The van der Waals surface area contributed by atoms with Crippen LogP contribution in [0, 0.1) is 12.3 Å². The summed E-state index contributed by atoms with van der Waals surface area (Å²) in [5, 5.41) is 7.46. The van der Waals surface area contributed by atoms with Gasteiger partial charge in [0, 0.05) is 5.56 Å². The molecule has 2 rings (SSSR count). The van der Waals surface area contributed by atoms with Crippen molar-refractivity contribution in [3.63, 3.8) is 0 Å². The number of ether oxygens (including phenoxy) is 1. The van der Waals surface area contributed by atoms with Crippen molar-refractivity contribution in [3.8, 4) is 5.75 Å². The van der Waals surface area contributed by atoms with Crippen LogP contribution < -0.4 is 10.5 Å². The summed E-state index contributed by atoms with van der Waals surface area (Å²) in [7, 11) is 0. The van der Waals surface area contributed by atoms with Gasteiger partial charge in [-0.1, -0.05) is 44.2 Å². The Labute approximate surface area is 126 Å². The number of para-hydroxylation sites is 1. The molecule has 3 nitrogen and oxygen atoms in total. The van der Waals surface area contributed by atoms with Crippen LogP contribution in [0.3, 0.4) is 0 Å². The molecule has 0 radical (unpaired) electrons. The Balaban J connectivity index is 2.15. The summed E-state index contributed by atoms with van der Waals surface area (Å²) in [6.07, 6.45) is 0. The van der Waals surface area contributed by atoms with Gasteiger partial charge in [-0.05, 0) is 41.7 Å². The molecule has 21 heavy (non-hydrogen) atoms. The third kappa shape index (κ3) is 3.63. The molecule has 0 aliphatic heterocycles. The fourth-order valence-corrected chi connectivity index (χ4v) is 2.27. The molecule has 0 saturated carbocycles. The maximum absolute atomic E-state index is 7.46. The Morgan fingerprint density at radius 2 is 1.90 bits per heavy atom. The van der Waals surface area contributed by atoms with Gasteiger partial charge in [0.1, 0.15) is 18.2 Å². The van der Waals surface area contributed by atoms with Gasteiger partial charge in [0.25, 0.3) is 0 Å². The lowest BCUT2D eigenvalue weighted by molar-refractivity contribution is 0.301. The third-order valence-electron chi connectivity index (χ3n) is 3.58. The average Bonchev–Trinajstić information content (AvgIpc) is 2.46. The highest BCUT2D eigenvalue weighted by Crippen LogP contribution is 2.27. The van der Waals surface area contributed by atoms with Gasteiger partial charge in [-0.15, -0.1) is 0 Å². The van der Waals surface area contributed by atoms with Crippen LogP contribution in [0.5, 0.6) is 5.75 Å². The first-order valence-corrected chi connectivity index (χ1v) is 7.14. The molecule has 2 aromatic carbocycles. The Kier molecular flexibility index (Phi) is 4.63. The van der Waals surface area contributed by atoms with E-state index in [2.05, 4.69) is 19.9 Å². The molecule has 0 aliphatic carbocycles. The quantitative estimate of drug-likeness (QED) is 0.643. The topological polar surface area (TPSA) is 59.1 Å². The van der Waals surface area contributed by atoms with Crippen molar-refractivity contribution in [2.75, 3.05) is 0 Å². The largest absolute Gasteiger partial charge is 0.489 e. The minimum atomic E-state index is 0.0933. The van der Waals surface area contributed by atoms with Gasteiger partial charge in [0.15, 0.2) is 0 Å². The summed E-state index contributed by atoms with van der Waals surface area (Å²) < 4.78 is 5.98. The monoisotopic (exact) mass is 282 g/mol. The van der Waals surface area contributed by atoms with Crippen LogP contribution in [0.15, 0.2) is 42.5 Å². The second-order valence-corrected chi connectivity index (χ2v) is 5.54. The van der Waals surface area contributed by atoms with E-state index >= 15 is 0 Å². The van der Waals surface area contributed by atoms with Crippen molar-refractivity contribution in [1.29, 1.82) is 5.41 Å². The minimum absolute atomic E-state index is 0.0933. The smallest absolute Gasteiger partial charge is 0.123 e. The molecular formula is C18H22N2O. The zero-order valence-corrected chi connectivity index (χ0v) is 12.8. The molecule has 2 aromatic rings. The second-order valence-electron chi connectivity index (χ2n) is 5.54. The van der Waals surface area contributed by atoms with Crippen LogP contribution >= 0.6 is 0 Å². The maximum atomic E-state index is 7.46. The Morgan fingerprint density at radius 3 is 2.52 bits per heavy atom. The fourth-order valence-electron chi connectivity index (χ4n) is 2.27. The zero-order chi connectivity index (χ0) is 15.4. The third-order valence-corrected chi connectivity index (χ3v) is 3.58. The van der Waals surface area contributed by atoms with Gasteiger partial charge in [-0.25, -0.2) is 0 Å². The number of benzene rings is 2. The molecule has 0 atom stereocenters. The Bertz CT molecular complexity index is 647. The molecule has 0 fully saturated rings. The molecule has 3 heteroatoms. The van der Waals surface area contributed by atoms with Gasteiger partial charge in [-0.3, -0.25) is 5.41 Å². The predicted molar refractivity (Wildman–Crippen MR) is 87.1 cm³/mol. The molecule has 110 valence electrons. The Morgan fingerprint density at radius 1 is 1.19 bits per heavy atom. The molecule has 3 N–H and O–H groups in total. The van der Waals surface area contributed by atoms with Crippen molar-refractivity contribution < 1.29 is 4.74 Å². The average molecular weight is 282 g/mol. The van der Waals surface area contributed by atoms with E-state index in [0.29, 0.717) is 12.5 Å². The van der Waals surface area contributed by atoms with E-state index in [1.807, 2.05) is 43.3 Å². The summed E-state index contributed by atoms with van der Waals surface area (Å²) in [6, 6.07) is 13.9. The summed E-state index contributed by atoms with van der Waals surface area (Å²) in [5.41, 5.74) is 9.67. The number of nitrogens with two attached hydrogens (primary N) is 1. The van der Waals surface area contributed by atoms with Gasteiger partial charge in [0.2, 0.25) is 0 Å². The van der Waals surface area contributed by atoms with Crippen molar-refractivity contribution in [2.24, 2.45) is 5.73 Å². The van der Waals surface area contributed by atoms with Gasteiger partial charge in [-0.2, -0.15) is 0 Å². The molecule has 0 spiro atoms. The van der Waals surface area contributed by atoms with E-state index in [9.17, 15) is 0 Å². The number of rotatable bonds is 5. The van der Waals surface area contributed by atoms with Crippen LogP contribution in [0.1, 0.15) is 42.0 Å². The minimum Gasteiger partial charge on any atom is -0.489 e. The van der Waals surface area contributed by atoms with E-state index in [0.717, 1.165) is 22.4 Å². The summed E-state index contributed by atoms with van der Waals surface area (Å²) in [5.74, 6) is 1.46. The van der Waals surface area contributed by atoms with Crippen LogP contribution in [-0.2, 0) is 6.61 Å². The molecular weight excluding hydrogens is 260 g/mol. The lowest BCUT2D eigenvalue weighted by Crippen LogP contribution is -2.11. The zero-order valence-electron chi connectivity index (χ0n) is 12.8. The molecule has 0 aromatic heterocycles. The molecule has 0 amide bonds. The number of nitrogens with one attached hydrogen (secondary N) is 1. The highest BCUT2D eigenvalue weighted by molar-refractivity contribution is 5.95. The fraction of sp³-hybridized carbons (Fsp3) is 0.278. The van der Waals surface area contributed by atoms with E-state index in [1.165, 1.54) is 5.56 Å². The molecule has 0 unspecified atom stereocenters. The highest BCUT2D eigenvalue weighted by Gasteiger charge is 2.08. The van der Waals surface area contributed by atoms with E-state index in [1.54, 1.807) is 0 Å². The first-order chi connectivity index (χ1) is 9.99. The number of hydrogen-bond acceptors (Lipinski definition) is 2. The standard InChI is InChI=1S/C18H22N2O/c1-12(2)16-6-4-5-7-17(16)21-11-15-9-8-14(18(19)20)10-13(15)3/h4-10,12H,11H2,1-3H3,(H3,19,20). The van der Waals surface area contributed by atoms with Gasteiger partial charge in [0.05, 0.1) is 0 Å². The molecule has 0 aliphatic rings. The lowest BCUT2D eigenvalue weighted by Gasteiger charge is -2.15. The van der Waals surface area contributed by atoms with Crippen LogP contribution in [0.2, 0.25) is 0 Å². The summed E-state index contributed by atoms with van der Waals surface area (Å²) in [6.45, 7) is 6.86. The molecule has 0 bridgehead atoms. The lowest BCUT2D eigenvalue weighted by atomic mass is 10.0. The van der Waals surface area contributed by atoms with E-state index in [4.69, 9.17) is 15.9 Å². The first-order valence-electron chi connectivity index (χ1n) is 7.14. The SMILES string of the molecule is Cc1cc(C(=N)N)ccc1COc1ccccc1C(C)C. The number of nitrogen functional groups attached to an aromatic ring is 1. The first kappa shape index (κ1) is 15.1. The van der Waals surface area contributed by atoms with Gasteiger partial charge >= 0.3 is 0 Å². The highest BCUT2D eigenvalue weighted by atomic mass is 16.5. The predicted octanol–water partition coefficient (Wildman–Crippen LogP) is 3.98. The maximum Gasteiger partial charge on any atom is 0.123 e. The van der Waals surface area contributed by atoms with Crippen molar-refractivity contribution in [1.82, 2.24) is 0 Å². The van der Waals surface area contributed by atoms with Crippen LogP contribution in [0.4, 0.5) is 0 Å². The van der Waals surface area contributed by atoms with E-state index < -0.39 is 0 Å². The number of amidine groups is 1. The second kappa shape index (κ2) is 6.44. The van der Waals surface area contributed by atoms with Gasteiger partial charge < -0.3 is 10.5 Å². The normalized spacial score (nSPS) is 10.7. The number of hydrogen-bond donors (Lipinski definition) is 2. The van der Waals surface area contributed by atoms with Crippen molar-refractivity contribution >= 4 is 5.84 Å². The van der Waals surface area contributed by atoms with Crippen molar-refractivity contribution in [2.45, 2.75) is 33.3 Å². The Hall–Kier alpha value is -2.29. The molecule has 0 heterocycles. The summed E-state index contributed by atoms with van der Waals surface area (Å²) >= 11 is 0. The number of aryl methyl sites for hydroxylation is 1. The molecule has 0 saturated heterocycles. The van der Waals surface area contributed by atoms with Crippen molar-refractivity contribution in [3.05, 3.63) is 64.7 Å². The van der Waals surface area contributed by atoms with Crippen LogP contribution in [0.25, 0.3) is 0 Å². The van der Waals surface area contributed by atoms with E-state index in [-0.39, 0.29) is 5.84 Å².